The first-order chi connectivity index (χ1) is 8.70. The lowest BCUT2D eigenvalue weighted by atomic mass is 10.1. The molecule has 0 spiro atoms. The highest BCUT2D eigenvalue weighted by molar-refractivity contribution is 8.00. The molecule has 0 saturated heterocycles. The average molecular weight is 265 g/mol. The predicted molar refractivity (Wildman–Crippen MR) is 78.0 cm³/mol. The van der Waals surface area contributed by atoms with E-state index in [-0.39, 0.29) is 6.10 Å². The summed E-state index contributed by atoms with van der Waals surface area (Å²) >= 11 is 1.83. The van der Waals surface area contributed by atoms with Gasteiger partial charge in [-0.15, -0.1) is 11.8 Å². The molecule has 0 radical (unpaired) electrons. The van der Waals surface area contributed by atoms with Crippen LogP contribution in [0.4, 0.5) is 0 Å². The van der Waals surface area contributed by atoms with Crippen LogP contribution in [0.3, 0.4) is 0 Å². The topological polar surface area (TPSA) is 32.3 Å². The quantitative estimate of drug-likeness (QED) is 0.856. The molecule has 2 N–H and O–H groups in total. The molecule has 0 bridgehead atoms. The smallest absolute Gasteiger partial charge is 0.0662 e. The number of rotatable bonds is 5. The Morgan fingerprint density at radius 1 is 1.44 bits per heavy atom. The second-order valence-electron chi connectivity index (χ2n) is 5.01. The molecule has 1 saturated carbocycles. The molecule has 1 aliphatic rings. The third-order valence-corrected chi connectivity index (χ3v) is 4.95. The molecule has 0 aliphatic heterocycles. The fourth-order valence-electron chi connectivity index (χ4n) is 2.50. The zero-order valence-corrected chi connectivity index (χ0v) is 12.0. The van der Waals surface area contributed by atoms with E-state index in [9.17, 15) is 5.11 Å². The third kappa shape index (κ3) is 3.50. The molecule has 3 atom stereocenters. The molecular formula is C15H23NOS. The maximum absolute atomic E-state index is 9.88. The van der Waals surface area contributed by atoms with Crippen LogP contribution in [0, 0.1) is 0 Å². The van der Waals surface area contributed by atoms with Gasteiger partial charge in [0.25, 0.3) is 0 Å². The van der Waals surface area contributed by atoms with Crippen molar-refractivity contribution < 1.29 is 5.11 Å². The Bertz CT molecular complexity index is 383. The summed E-state index contributed by atoms with van der Waals surface area (Å²) in [6.45, 7) is 5.31. The lowest BCUT2D eigenvalue weighted by Crippen LogP contribution is -2.18. The Balaban J connectivity index is 2.02. The number of nitrogens with one attached hydrogen (secondary N) is 1. The summed E-state index contributed by atoms with van der Waals surface area (Å²) in [7, 11) is 0. The molecule has 18 heavy (non-hydrogen) atoms. The van der Waals surface area contributed by atoms with Crippen molar-refractivity contribution in [3.8, 4) is 0 Å². The first kappa shape index (κ1) is 13.9. The summed E-state index contributed by atoms with van der Waals surface area (Å²) in [5.74, 6) is 0. The molecular weight excluding hydrogens is 242 g/mol. The van der Waals surface area contributed by atoms with Crippen LogP contribution in [0.5, 0.6) is 0 Å². The van der Waals surface area contributed by atoms with Crippen LogP contribution >= 0.6 is 11.8 Å². The molecule has 1 fully saturated rings. The van der Waals surface area contributed by atoms with Crippen LogP contribution in [0.2, 0.25) is 0 Å². The molecule has 1 aromatic carbocycles. The van der Waals surface area contributed by atoms with Gasteiger partial charge in [0, 0.05) is 16.2 Å². The van der Waals surface area contributed by atoms with Gasteiger partial charge in [-0.05, 0) is 50.4 Å². The lowest BCUT2D eigenvalue weighted by molar-refractivity contribution is 0.188. The van der Waals surface area contributed by atoms with E-state index in [4.69, 9.17) is 0 Å². The second-order valence-corrected chi connectivity index (χ2v) is 6.32. The Hall–Kier alpha value is -0.510. The van der Waals surface area contributed by atoms with Gasteiger partial charge in [0.05, 0.1) is 6.10 Å². The van der Waals surface area contributed by atoms with Crippen molar-refractivity contribution in [1.29, 1.82) is 0 Å². The summed E-state index contributed by atoms with van der Waals surface area (Å²) < 4.78 is 0. The van der Waals surface area contributed by atoms with Gasteiger partial charge >= 0.3 is 0 Å². The number of hydrogen-bond donors (Lipinski definition) is 2. The highest BCUT2D eigenvalue weighted by Crippen LogP contribution is 2.35. The van der Waals surface area contributed by atoms with Gasteiger partial charge in [-0.3, -0.25) is 0 Å². The first-order valence-corrected chi connectivity index (χ1v) is 7.76. The van der Waals surface area contributed by atoms with Crippen molar-refractivity contribution in [2.45, 2.75) is 55.4 Å². The molecule has 1 aliphatic carbocycles. The molecule has 0 heterocycles. The van der Waals surface area contributed by atoms with Crippen molar-refractivity contribution in [3.05, 3.63) is 29.8 Å². The van der Waals surface area contributed by atoms with Gasteiger partial charge in [0.2, 0.25) is 0 Å². The van der Waals surface area contributed by atoms with Crippen LogP contribution in [0.25, 0.3) is 0 Å². The Morgan fingerprint density at radius 3 is 2.94 bits per heavy atom. The standard InChI is InChI=1S/C15H23NOS/c1-3-16-11(2)12-6-4-7-13(10-12)18-15-9-5-8-14(15)17/h4,6-7,10-11,14-17H,3,5,8-9H2,1-2H3. The van der Waals surface area contributed by atoms with E-state index in [1.165, 1.54) is 10.5 Å². The van der Waals surface area contributed by atoms with E-state index in [0.717, 1.165) is 25.8 Å². The van der Waals surface area contributed by atoms with E-state index in [1.54, 1.807) is 0 Å². The fraction of sp³-hybridized carbons (Fsp3) is 0.600. The average Bonchev–Trinajstić information content (AvgIpc) is 2.76. The number of hydrogen-bond acceptors (Lipinski definition) is 3. The van der Waals surface area contributed by atoms with Crippen LogP contribution in [-0.2, 0) is 0 Å². The summed E-state index contributed by atoms with van der Waals surface area (Å²) in [5.41, 5.74) is 1.33. The van der Waals surface area contributed by atoms with E-state index >= 15 is 0 Å². The molecule has 2 rings (SSSR count). The zero-order chi connectivity index (χ0) is 13.0. The molecule has 3 unspecified atom stereocenters. The van der Waals surface area contributed by atoms with E-state index in [2.05, 4.69) is 43.4 Å². The largest absolute Gasteiger partial charge is 0.392 e. The van der Waals surface area contributed by atoms with Crippen LogP contribution in [-0.4, -0.2) is 23.0 Å². The van der Waals surface area contributed by atoms with E-state index < -0.39 is 0 Å². The van der Waals surface area contributed by atoms with E-state index in [0.29, 0.717) is 11.3 Å². The molecule has 2 nitrogen and oxygen atoms in total. The maximum Gasteiger partial charge on any atom is 0.0662 e. The van der Waals surface area contributed by atoms with Crippen LogP contribution in [0.1, 0.15) is 44.7 Å². The highest BCUT2D eigenvalue weighted by Gasteiger charge is 2.26. The Labute approximate surface area is 114 Å². The van der Waals surface area contributed by atoms with Crippen molar-refractivity contribution in [2.24, 2.45) is 0 Å². The summed E-state index contributed by atoms with van der Waals surface area (Å²) in [4.78, 5) is 1.28. The Kier molecular flexibility index (Phi) is 5.10. The summed E-state index contributed by atoms with van der Waals surface area (Å²) in [6.07, 6.45) is 3.14. The molecule has 3 heteroatoms. The Morgan fingerprint density at radius 2 is 2.28 bits per heavy atom. The van der Waals surface area contributed by atoms with Gasteiger partial charge in [0.15, 0.2) is 0 Å². The number of thioether (sulfide) groups is 1. The van der Waals surface area contributed by atoms with E-state index in [1.807, 2.05) is 11.8 Å². The van der Waals surface area contributed by atoms with Gasteiger partial charge in [-0.25, -0.2) is 0 Å². The highest BCUT2D eigenvalue weighted by atomic mass is 32.2. The van der Waals surface area contributed by atoms with Gasteiger partial charge < -0.3 is 10.4 Å². The van der Waals surface area contributed by atoms with Crippen LogP contribution < -0.4 is 5.32 Å². The van der Waals surface area contributed by atoms with Crippen molar-refractivity contribution in [1.82, 2.24) is 5.32 Å². The van der Waals surface area contributed by atoms with Gasteiger partial charge in [-0.2, -0.15) is 0 Å². The first-order valence-electron chi connectivity index (χ1n) is 6.88. The fourth-order valence-corrected chi connectivity index (χ4v) is 3.79. The van der Waals surface area contributed by atoms with Crippen LogP contribution in [0.15, 0.2) is 29.2 Å². The molecule has 100 valence electrons. The second kappa shape index (κ2) is 6.60. The minimum absolute atomic E-state index is 0.121. The third-order valence-electron chi connectivity index (χ3n) is 3.57. The monoisotopic (exact) mass is 265 g/mol. The minimum Gasteiger partial charge on any atom is -0.392 e. The summed E-state index contributed by atoms with van der Waals surface area (Å²) in [5, 5.41) is 13.7. The van der Waals surface area contributed by atoms with Crippen molar-refractivity contribution in [3.63, 3.8) is 0 Å². The van der Waals surface area contributed by atoms with Crippen molar-refractivity contribution in [2.75, 3.05) is 6.54 Å². The van der Waals surface area contributed by atoms with Gasteiger partial charge in [0.1, 0.15) is 0 Å². The molecule has 0 aromatic heterocycles. The lowest BCUT2D eigenvalue weighted by Gasteiger charge is -2.17. The summed E-state index contributed by atoms with van der Waals surface area (Å²) in [6, 6.07) is 9.08. The van der Waals surface area contributed by atoms with Gasteiger partial charge in [-0.1, -0.05) is 19.1 Å². The zero-order valence-electron chi connectivity index (χ0n) is 11.2. The maximum atomic E-state index is 9.88. The number of aliphatic hydroxyl groups is 1. The minimum atomic E-state index is -0.121. The molecule has 1 aromatic rings. The normalized spacial score (nSPS) is 25.3. The predicted octanol–water partition coefficient (Wildman–Crippen LogP) is 3.36. The molecule has 0 amide bonds. The number of benzene rings is 1. The SMILES string of the molecule is CCNC(C)c1cccc(SC2CCCC2O)c1. The van der Waals surface area contributed by atoms with Crippen molar-refractivity contribution >= 4 is 11.8 Å². The number of aliphatic hydroxyl groups excluding tert-OH is 1.